The van der Waals surface area contributed by atoms with Crippen molar-refractivity contribution in [2.24, 2.45) is 7.05 Å². The van der Waals surface area contributed by atoms with E-state index in [9.17, 15) is 4.79 Å². The van der Waals surface area contributed by atoms with Gasteiger partial charge in [-0.3, -0.25) is 9.48 Å². The smallest absolute Gasteiger partial charge is 0.170 e. The van der Waals surface area contributed by atoms with E-state index in [0.29, 0.717) is 13.0 Å². The first kappa shape index (κ1) is 10.4. The fraction of sp³-hybridized carbons (Fsp3) is 0.636. The number of ether oxygens (including phenoxy) is 1. The summed E-state index contributed by atoms with van der Waals surface area (Å²) in [5.41, 5.74) is 0.247. The Morgan fingerprint density at radius 2 is 2.53 bits per heavy atom. The SMILES string of the molecule is Cn1ccc(CC(=O)C2(C)CCCO2)n1. The van der Waals surface area contributed by atoms with Crippen LogP contribution in [0.4, 0.5) is 0 Å². The minimum atomic E-state index is -0.572. The van der Waals surface area contributed by atoms with Gasteiger partial charge in [-0.2, -0.15) is 5.10 Å². The first-order chi connectivity index (χ1) is 7.10. The third-order valence-electron chi connectivity index (χ3n) is 2.92. The number of rotatable bonds is 3. The number of hydrogen-bond acceptors (Lipinski definition) is 3. The lowest BCUT2D eigenvalue weighted by Gasteiger charge is -2.20. The summed E-state index contributed by atoms with van der Waals surface area (Å²) in [5.74, 6) is 0.138. The molecule has 1 aromatic heterocycles. The first-order valence-electron chi connectivity index (χ1n) is 5.26. The average molecular weight is 208 g/mol. The van der Waals surface area contributed by atoms with Gasteiger partial charge in [0.1, 0.15) is 5.60 Å². The maximum absolute atomic E-state index is 12.0. The summed E-state index contributed by atoms with van der Waals surface area (Å²) in [4.78, 5) is 12.0. The molecule has 4 heteroatoms. The Bertz CT molecular complexity index is 364. The van der Waals surface area contributed by atoms with E-state index in [1.54, 1.807) is 4.68 Å². The molecule has 1 fully saturated rings. The Labute approximate surface area is 89.2 Å². The Balaban J connectivity index is 2.03. The lowest BCUT2D eigenvalue weighted by molar-refractivity contribution is -0.136. The van der Waals surface area contributed by atoms with Gasteiger partial charge in [0.05, 0.1) is 12.1 Å². The lowest BCUT2D eigenvalue weighted by atomic mass is 9.94. The van der Waals surface area contributed by atoms with E-state index in [4.69, 9.17) is 4.74 Å². The zero-order valence-electron chi connectivity index (χ0n) is 9.19. The molecule has 1 aliphatic heterocycles. The molecule has 0 saturated carbocycles. The lowest BCUT2D eigenvalue weighted by Crippen LogP contribution is -2.35. The van der Waals surface area contributed by atoms with Crippen LogP contribution in [-0.2, 0) is 23.0 Å². The van der Waals surface area contributed by atoms with Crippen LogP contribution in [0.3, 0.4) is 0 Å². The summed E-state index contributed by atoms with van der Waals surface area (Å²) in [7, 11) is 1.85. The van der Waals surface area contributed by atoms with E-state index in [0.717, 1.165) is 18.5 Å². The maximum Gasteiger partial charge on any atom is 0.170 e. The minimum absolute atomic E-state index is 0.138. The van der Waals surface area contributed by atoms with Crippen molar-refractivity contribution in [1.82, 2.24) is 9.78 Å². The molecule has 0 N–H and O–H groups in total. The number of hydrogen-bond donors (Lipinski definition) is 0. The van der Waals surface area contributed by atoms with Crippen LogP contribution in [0.2, 0.25) is 0 Å². The molecule has 0 aliphatic carbocycles. The normalized spacial score (nSPS) is 25.7. The zero-order valence-corrected chi connectivity index (χ0v) is 9.19. The fourth-order valence-electron chi connectivity index (χ4n) is 1.91. The van der Waals surface area contributed by atoms with Gasteiger partial charge in [-0.15, -0.1) is 0 Å². The highest BCUT2D eigenvalue weighted by Crippen LogP contribution is 2.26. The molecule has 1 atom stereocenters. The van der Waals surface area contributed by atoms with Crippen molar-refractivity contribution in [3.05, 3.63) is 18.0 Å². The van der Waals surface area contributed by atoms with E-state index in [1.807, 2.05) is 26.2 Å². The van der Waals surface area contributed by atoms with Crippen LogP contribution >= 0.6 is 0 Å². The molecule has 82 valence electrons. The van der Waals surface area contributed by atoms with Gasteiger partial charge in [0.25, 0.3) is 0 Å². The van der Waals surface area contributed by atoms with Crippen LogP contribution < -0.4 is 0 Å². The number of aryl methyl sites for hydroxylation is 1. The van der Waals surface area contributed by atoms with Crippen LogP contribution in [0, 0.1) is 0 Å². The molecule has 2 rings (SSSR count). The topological polar surface area (TPSA) is 44.1 Å². The quantitative estimate of drug-likeness (QED) is 0.747. The molecule has 0 spiro atoms. The van der Waals surface area contributed by atoms with Gasteiger partial charge in [0.2, 0.25) is 0 Å². The molecule has 0 amide bonds. The predicted octanol–water partition coefficient (Wildman–Crippen LogP) is 1.10. The van der Waals surface area contributed by atoms with E-state index in [1.165, 1.54) is 0 Å². The van der Waals surface area contributed by atoms with Gasteiger partial charge in [0, 0.05) is 19.9 Å². The van der Waals surface area contributed by atoms with Crippen LogP contribution in [0.1, 0.15) is 25.5 Å². The van der Waals surface area contributed by atoms with Crippen molar-refractivity contribution in [3.8, 4) is 0 Å². The number of Topliss-reactive ketones (excluding diaryl/α,β-unsaturated/α-hetero) is 1. The summed E-state index contributed by atoms with van der Waals surface area (Å²) in [6, 6.07) is 1.87. The summed E-state index contributed by atoms with van der Waals surface area (Å²) in [6.07, 6.45) is 4.03. The largest absolute Gasteiger partial charge is 0.367 e. The Morgan fingerprint density at radius 1 is 1.73 bits per heavy atom. The predicted molar refractivity (Wildman–Crippen MR) is 55.5 cm³/mol. The molecule has 0 aromatic carbocycles. The molecule has 0 radical (unpaired) electrons. The molecule has 2 heterocycles. The minimum Gasteiger partial charge on any atom is -0.367 e. The van der Waals surface area contributed by atoms with Crippen molar-refractivity contribution < 1.29 is 9.53 Å². The third kappa shape index (κ3) is 2.09. The molecule has 4 nitrogen and oxygen atoms in total. The molecular formula is C11H16N2O2. The average Bonchev–Trinajstić information content (AvgIpc) is 2.76. The van der Waals surface area contributed by atoms with Gasteiger partial charge >= 0.3 is 0 Å². The van der Waals surface area contributed by atoms with Crippen molar-refractivity contribution in [3.63, 3.8) is 0 Å². The standard InChI is InChI=1S/C11H16N2O2/c1-11(5-3-7-15-11)10(14)8-9-4-6-13(2)12-9/h4,6H,3,5,7-8H2,1-2H3. The highest BCUT2D eigenvalue weighted by Gasteiger charge is 2.37. The van der Waals surface area contributed by atoms with Crippen molar-refractivity contribution >= 4 is 5.78 Å². The number of nitrogens with zero attached hydrogens (tertiary/aromatic N) is 2. The number of aromatic nitrogens is 2. The van der Waals surface area contributed by atoms with Crippen molar-refractivity contribution in [2.75, 3.05) is 6.61 Å². The molecule has 1 unspecified atom stereocenters. The summed E-state index contributed by atoms with van der Waals surface area (Å²) in [6.45, 7) is 2.58. The fourth-order valence-corrected chi connectivity index (χ4v) is 1.91. The highest BCUT2D eigenvalue weighted by molar-refractivity contribution is 5.88. The van der Waals surface area contributed by atoms with Gasteiger partial charge in [-0.25, -0.2) is 0 Å². The van der Waals surface area contributed by atoms with Crippen LogP contribution in [0.5, 0.6) is 0 Å². The highest BCUT2D eigenvalue weighted by atomic mass is 16.5. The van der Waals surface area contributed by atoms with E-state index in [2.05, 4.69) is 5.10 Å². The number of carbonyl (C=O) groups is 1. The van der Waals surface area contributed by atoms with Crippen molar-refractivity contribution in [1.29, 1.82) is 0 Å². The Hall–Kier alpha value is -1.16. The van der Waals surface area contributed by atoms with E-state index >= 15 is 0 Å². The maximum atomic E-state index is 12.0. The second-order valence-electron chi connectivity index (χ2n) is 4.26. The second-order valence-corrected chi connectivity index (χ2v) is 4.26. The molecule has 15 heavy (non-hydrogen) atoms. The molecular weight excluding hydrogens is 192 g/mol. The monoisotopic (exact) mass is 208 g/mol. The van der Waals surface area contributed by atoms with Crippen LogP contribution in [-0.4, -0.2) is 27.8 Å². The van der Waals surface area contributed by atoms with Gasteiger partial charge in [-0.1, -0.05) is 0 Å². The molecule has 1 saturated heterocycles. The van der Waals surface area contributed by atoms with E-state index in [-0.39, 0.29) is 5.78 Å². The molecule has 1 aliphatic rings. The van der Waals surface area contributed by atoms with Gasteiger partial charge < -0.3 is 4.74 Å². The van der Waals surface area contributed by atoms with Gasteiger partial charge in [-0.05, 0) is 25.8 Å². The molecule has 0 bridgehead atoms. The molecule has 1 aromatic rings. The number of ketones is 1. The van der Waals surface area contributed by atoms with Gasteiger partial charge in [0.15, 0.2) is 5.78 Å². The zero-order chi connectivity index (χ0) is 10.9. The summed E-state index contributed by atoms with van der Waals surface area (Å²) >= 11 is 0. The summed E-state index contributed by atoms with van der Waals surface area (Å²) in [5, 5.41) is 4.19. The number of carbonyl (C=O) groups excluding carboxylic acids is 1. The third-order valence-corrected chi connectivity index (χ3v) is 2.92. The van der Waals surface area contributed by atoms with Crippen LogP contribution in [0.15, 0.2) is 12.3 Å². The second kappa shape index (κ2) is 3.77. The van der Waals surface area contributed by atoms with Crippen LogP contribution in [0.25, 0.3) is 0 Å². The first-order valence-corrected chi connectivity index (χ1v) is 5.26. The van der Waals surface area contributed by atoms with Crippen molar-refractivity contribution in [2.45, 2.75) is 31.8 Å². The van der Waals surface area contributed by atoms with E-state index < -0.39 is 5.60 Å². The Kier molecular flexibility index (Phi) is 2.61. The summed E-state index contributed by atoms with van der Waals surface area (Å²) < 4.78 is 7.21. The Morgan fingerprint density at radius 3 is 3.07 bits per heavy atom.